The second-order valence-electron chi connectivity index (χ2n) is 6.70. The largest absolute Gasteiger partial charge is 0.495 e. The summed E-state index contributed by atoms with van der Waals surface area (Å²) in [5, 5.41) is 2.89. The number of carbonyl (C=O) groups excluding carboxylic acids is 2. The lowest BCUT2D eigenvalue weighted by Gasteiger charge is -2.34. The van der Waals surface area contributed by atoms with Gasteiger partial charge in [0.1, 0.15) is 5.75 Å². The van der Waals surface area contributed by atoms with Crippen molar-refractivity contribution in [2.24, 2.45) is 0 Å². The average Bonchev–Trinajstić information content (AvgIpc) is 2.74. The maximum Gasteiger partial charge on any atom is 0.337 e. The molecule has 1 aliphatic rings. The van der Waals surface area contributed by atoms with Crippen LogP contribution in [0.2, 0.25) is 0 Å². The standard InChI is InChI=1S/C21H25N3O4/c1-27-19-6-4-3-5-18(19)24-13-11-23(12-14-24)15-20(25)22-17-9-7-16(8-10-17)21(26)28-2/h3-10H,11-15H2,1-2H3,(H,22,25)/p+1. The summed E-state index contributed by atoms with van der Waals surface area (Å²) in [6, 6.07) is 14.7. The zero-order chi connectivity index (χ0) is 19.9. The first-order chi connectivity index (χ1) is 13.6. The number of carbonyl (C=O) groups is 2. The van der Waals surface area contributed by atoms with Crippen molar-refractivity contribution >= 4 is 23.3 Å². The van der Waals surface area contributed by atoms with E-state index in [0.29, 0.717) is 17.8 Å². The van der Waals surface area contributed by atoms with E-state index in [4.69, 9.17) is 4.74 Å². The molecule has 0 bridgehead atoms. The van der Waals surface area contributed by atoms with Crippen molar-refractivity contribution in [1.82, 2.24) is 0 Å². The molecule has 148 valence electrons. The fourth-order valence-corrected chi connectivity index (χ4v) is 3.37. The highest BCUT2D eigenvalue weighted by atomic mass is 16.5. The topological polar surface area (TPSA) is 72.3 Å². The lowest BCUT2D eigenvalue weighted by atomic mass is 10.2. The number of nitrogens with one attached hydrogen (secondary N) is 2. The molecule has 3 rings (SSSR count). The van der Waals surface area contributed by atoms with Gasteiger partial charge in [-0.2, -0.15) is 0 Å². The van der Waals surface area contributed by atoms with E-state index in [1.165, 1.54) is 12.0 Å². The lowest BCUT2D eigenvalue weighted by molar-refractivity contribution is -0.892. The van der Waals surface area contributed by atoms with Gasteiger partial charge in [0, 0.05) is 5.69 Å². The third kappa shape index (κ3) is 4.80. The predicted octanol–water partition coefficient (Wildman–Crippen LogP) is 0.825. The molecule has 0 aliphatic carbocycles. The molecular weight excluding hydrogens is 358 g/mol. The molecule has 0 atom stereocenters. The van der Waals surface area contributed by atoms with Gasteiger partial charge in [0.2, 0.25) is 0 Å². The van der Waals surface area contributed by atoms with E-state index in [-0.39, 0.29) is 5.91 Å². The molecule has 1 saturated heterocycles. The Balaban J connectivity index is 1.49. The molecule has 2 aromatic carbocycles. The summed E-state index contributed by atoms with van der Waals surface area (Å²) in [4.78, 5) is 27.3. The van der Waals surface area contributed by atoms with Crippen LogP contribution in [0.3, 0.4) is 0 Å². The van der Waals surface area contributed by atoms with Gasteiger partial charge < -0.3 is 24.6 Å². The molecule has 7 nitrogen and oxygen atoms in total. The number of amides is 1. The Bertz CT molecular complexity index is 815. The van der Waals surface area contributed by atoms with Crippen molar-refractivity contribution in [2.45, 2.75) is 0 Å². The van der Waals surface area contributed by atoms with Gasteiger partial charge in [-0.25, -0.2) is 4.79 Å². The van der Waals surface area contributed by atoms with Gasteiger partial charge in [0.05, 0.1) is 51.6 Å². The van der Waals surface area contributed by atoms with Crippen LogP contribution >= 0.6 is 0 Å². The summed E-state index contributed by atoms with van der Waals surface area (Å²) in [6.45, 7) is 3.92. The second-order valence-corrected chi connectivity index (χ2v) is 6.70. The van der Waals surface area contributed by atoms with Crippen LogP contribution in [-0.4, -0.2) is 58.8 Å². The molecule has 0 aromatic heterocycles. The number of piperazine rings is 1. The summed E-state index contributed by atoms with van der Waals surface area (Å²) in [5.41, 5.74) is 2.22. The molecule has 2 aromatic rings. The van der Waals surface area contributed by atoms with Crippen molar-refractivity contribution in [3.05, 3.63) is 54.1 Å². The van der Waals surface area contributed by atoms with Crippen LogP contribution in [0, 0.1) is 0 Å². The monoisotopic (exact) mass is 384 g/mol. The molecule has 1 amide bonds. The van der Waals surface area contributed by atoms with E-state index in [2.05, 4.69) is 21.0 Å². The highest BCUT2D eigenvalue weighted by Crippen LogP contribution is 2.27. The quantitative estimate of drug-likeness (QED) is 0.722. The molecular formula is C21H26N3O4+. The van der Waals surface area contributed by atoms with Crippen LogP contribution < -0.4 is 19.9 Å². The van der Waals surface area contributed by atoms with Crippen molar-refractivity contribution in [3.63, 3.8) is 0 Å². The highest BCUT2D eigenvalue weighted by molar-refractivity contribution is 5.93. The number of methoxy groups -OCH3 is 2. The Kier molecular flexibility index (Phi) is 6.49. The smallest absolute Gasteiger partial charge is 0.337 e. The Hall–Kier alpha value is -3.06. The Labute approximate surface area is 164 Å². The van der Waals surface area contributed by atoms with Gasteiger partial charge >= 0.3 is 5.97 Å². The van der Waals surface area contributed by atoms with Crippen molar-refractivity contribution in [3.8, 4) is 5.75 Å². The minimum Gasteiger partial charge on any atom is -0.495 e. The summed E-state index contributed by atoms with van der Waals surface area (Å²) in [5.74, 6) is 0.445. The van der Waals surface area contributed by atoms with E-state index < -0.39 is 5.97 Å². The molecule has 0 spiro atoms. The van der Waals surface area contributed by atoms with Crippen LogP contribution in [0.1, 0.15) is 10.4 Å². The number of rotatable bonds is 6. The van der Waals surface area contributed by atoms with E-state index in [9.17, 15) is 9.59 Å². The third-order valence-electron chi connectivity index (χ3n) is 4.90. The minimum absolute atomic E-state index is 0.0356. The number of benzene rings is 2. The number of anilines is 2. The van der Waals surface area contributed by atoms with E-state index in [1.54, 1.807) is 31.4 Å². The Morgan fingerprint density at radius 2 is 1.71 bits per heavy atom. The number of hydrogen-bond acceptors (Lipinski definition) is 5. The number of para-hydroxylation sites is 2. The highest BCUT2D eigenvalue weighted by Gasteiger charge is 2.23. The van der Waals surface area contributed by atoms with Crippen molar-refractivity contribution < 1.29 is 24.0 Å². The summed E-state index contributed by atoms with van der Waals surface area (Å²) >= 11 is 0. The van der Waals surface area contributed by atoms with Gasteiger partial charge in [-0.15, -0.1) is 0 Å². The number of quaternary nitrogens is 1. The molecule has 7 heteroatoms. The summed E-state index contributed by atoms with van der Waals surface area (Å²) in [6.07, 6.45) is 0. The number of ether oxygens (including phenoxy) is 2. The molecule has 0 unspecified atom stereocenters. The van der Waals surface area contributed by atoms with E-state index in [1.807, 2.05) is 18.2 Å². The first-order valence-electron chi connectivity index (χ1n) is 9.30. The summed E-state index contributed by atoms with van der Waals surface area (Å²) in [7, 11) is 3.02. The molecule has 2 N–H and O–H groups in total. The Morgan fingerprint density at radius 1 is 1.04 bits per heavy atom. The zero-order valence-electron chi connectivity index (χ0n) is 16.2. The van der Waals surface area contributed by atoms with Gasteiger partial charge in [0.15, 0.2) is 6.54 Å². The molecule has 0 radical (unpaired) electrons. The van der Waals surface area contributed by atoms with Crippen molar-refractivity contribution in [2.75, 3.05) is 57.2 Å². The fraction of sp³-hybridized carbons (Fsp3) is 0.333. The Morgan fingerprint density at radius 3 is 2.36 bits per heavy atom. The minimum atomic E-state index is -0.393. The first-order valence-corrected chi connectivity index (χ1v) is 9.30. The van der Waals surface area contributed by atoms with Crippen LogP contribution in [-0.2, 0) is 9.53 Å². The van der Waals surface area contributed by atoms with Crippen LogP contribution in [0.25, 0.3) is 0 Å². The molecule has 0 saturated carbocycles. The first kappa shape index (κ1) is 19.7. The SMILES string of the molecule is COC(=O)c1ccc(NC(=O)C[NH+]2CCN(c3ccccc3OC)CC2)cc1. The van der Waals surface area contributed by atoms with E-state index in [0.717, 1.165) is 37.6 Å². The summed E-state index contributed by atoms with van der Waals surface area (Å²) < 4.78 is 10.1. The van der Waals surface area contributed by atoms with Crippen molar-refractivity contribution in [1.29, 1.82) is 0 Å². The van der Waals surface area contributed by atoms with Gasteiger partial charge in [-0.3, -0.25) is 4.79 Å². The number of nitrogens with zero attached hydrogens (tertiary/aromatic N) is 1. The third-order valence-corrected chi connectivity index (χ3v) is 4.90. The normalized spacial score (nSPS) is 14.4. The maximum atomic E-state index is 12.4. The lowest BCUT2D eigenvalue weighted by Crippen LogP contribution is -3.15. The van der Waals surface area contributed by atoms with Gasteiger partial charge in [-0.05, 0) is 36.4 Å². The van der Waals surface area contributed by atoms with Crippen LogP contribution in [0.4, 0.5) is 11.4 Å². The van der Waals surface area contributed by atoms with Crippen LogP contribution in [0.5, 0.6) is 5.75 Å². The number of esters is 1. The zero-order valence-corrected chi connectivity index (χ0v) is 16.2. The average molecular weight is 384 g/mol. The number of hydrogen-bond donors (Lipinski definition) is 2. The van der Waals surface area contributed by atoms with E-state index >= 15 is 0 Å². The van der Waals surface area contributed by atoms with Gasteiger partial charge in [0.25, 0.3) is 5.91 Å². The molecule has 1 fully saturated rings. The molecule has 1 heterocycles. The van der Waals surface area contributed by atoms with Crippen LogP contribution in [0.15, 0.2) is 48.5 Å². The maximum absolute atomic E-state index is 12.4. The second kappa shape index (κ2) is 9.23. The predicted molar refractivity (Wildman–Crippen MR) is 107 cm³/mol. The van der Waals surface area contributed by atoms with Gasteiger partial charge in [-0.1, -0.05) is 12.1 Å². The molecule has 28 heavy (non-hydrogen) atoms. The molecule has 1 aliphatic heterocycles. The fourth-order valence-electron chi connectivity index (χ4n) is 3.37.